The molecule has 0 fully saturated rings. The minimum Gasteiger partial charge on any atom is -0.507 e. The Morgan fingerprint density at radius 2 is 2.21 bits per heavy atom. The molecule has 0 saturated heterocycles. The van der Waals surface area contributed by atoms with Crippen LogP contribution in [0.15, 0.2) is 12.1 Å². The lowest BCUT2D eigenvalue weighted by Crippen LogP contribution is -2.06. The Morgan fingerprint density at radius 3 is 2.71 bits per heavy atom. The minimum atomic E-state index is -0.756. The number of phenols is 1. The Bertz CT molecular complexity index is 387. The fourth-order valence-corrected chi connectivity index (χ4v) is 1.25. The second kappa shape index (κ2) is 4.11. The molecule has 0 saturated carbocycles. The number of carbonyl (C=O) groups is 2. The topological polar surface area (TPSA) is 63.6 Å². The van der Waals surface area contributed by atoms with Crippen molar-refractivity contribution in [2.24, 2.45) is 0 Å². The molecule has 0 aliphatic heterocycles. The van der Waals surface area contributed by atoms with E-state index < -0.39 is 5.97 Å². The van der Waals surface area contributed by atoms with Crippen LogP contribution in [0.5, 0.6) is 5.75 Å². The Balaban J connectivity index is 3.44. The number of phenolic OH excluding ortho intramolecular Hbond substituents is 1. The van der Waals surface area contributed by atoms with E-state index in [-0.39, 0.29) is 21.9 Å². The van der Waals surface area contributed by atoms with Crippen molar-refractivity contribution in [3.05, 3.63) is 28.3 Å². The number of halogens is 1. The molecular weight excluding hydrogens is 208 g/mol. The Hall–Kier alpha value is -1.55. The number of hydrogen-bond donors (Lipinski definition) is 1. The third kappa shape index (κ3) is 1.70. The zero-order valence-electron chi connectivity index (χ0n) is 7.28. The molecule has 0 aliphatic rings. The van der Waals surface area contributed by atoms with E-state index >= 15 is 0 Å². The van der Waals surface area contributed by atoms with E-state index in [0.29, 0.717) is 6.29 Å². The number of hydrogen-bond acceptors (Lipinski definition) is 4. The molecular formula is C9H7ClO4. The highest BCUT2D eigenvalue weighted by Gasteiger charge is 2.18. The highest BCUT2D eigenvalue weighted by atomic mass is 35.5. The summed E-state index contributed by atoms with van der Waals surface area (Å²) in [5.41, 5.74) is -0.284. The van der Waals surface area contributed by atoms with E-state index in [2.05, 4.69) is 4.74 Å². The van der Waals surface area contributed by atoms with Crippen molar-refractivity contribution in [3.63, 3.8) is 0 Å². The molecule has 0 amide bonds. The molecule has 1 aromatic carbocycles. The molecule has 1 rings (SSSR count). The number of aldehydes is 1. The maximum Gasteiger partial charge on any atom is 0.340 e. The lowest BCUT2D eigenvalue weighted by atomic mass is 10.1. The van der Waals surface area contributed by atoms with Gasteiger partial charge in [-0.05, 0) is 12.1 Å². The highest BCUT2D eigenvalue weighted by molar-refractivity contribution is 6.34. The fourth-order valence-electron chi connectivity index (χ4n) is 1.01. The van der Waals surface area contributed by atoms with Crippen molar-refractivity contribution in [3.8, 4) is 5.75 Å². The lowest BCUT2D eigenvalue weighted by Gasteiger charge is -2.06. The van der Waals surface area contributed by atoms with Gasteiger partial charge in [-0.2, -0.15) is 0 Å². The summed E-state index contributed by atoms with van der Waals surface area (Å²) in [5, 5.41) is 9.33. The fraction of sp³-hybridized carbons (Fsp3) is 0.111. The van der Waals surface area contributed by atoms with Crippen molar-refractivity contribution in [1.29, 1.82) is 0 Å². The van der Waals surface area contributed by atoms with Crippen molar-refractivity contribution >= 4 is 23.9 Å². The molecule has 5 heteroatoms. The molecule has 0 bridgehead atoms. The second-order valence-corrected chi connectivity index (χ2v) is 2.87. The predicted octanol–water partition coefficient (Wildman–Crippen LogP) is 1.64. The van der Waals surface area contributed by atoms with Gasteiger partial charge < -0.3 is 9.84 Å². The third-order valence-corrected chi connectivity index (χ3v) is 1.99. The van der Waals surface area contributed by atoms with E-state index in [1.54, 1.807) is 0 Å². The zero-order valence-corrected chi connectivity index (χ0v) is 8.04. The van der Waals surface area contributed by atoms with Gasteiger partial charge in [0.2, 0.25) is 0 Å². The van der Waals surface area contributed by atoms with Crippen LogP contribution in [0.2, 0.25) is 5.02 Å². The van der Waals surface area contributed by atoms with Gasteiger partial charge in [0.25, 0.3) is 0 Å². The van der Waals surface area contributed by atoms with E-state index in [0.717, 1.165) is 7.11 Å². The molecule has 14 heavy (non-hydrogen) atoms. The zero-order chi connectivity index (χ0) is 10.7. The van der Waals surface area contributed by atoms with Crippen molar-refractivity contribution in [2.45, 2.75) is 0 Å². The summed E-state index contributed by atoms with van der Waals surface area (Å²) < 4.78 is 4.42. The molecule has 0 aliphatic carbocycles. The monoisotopic (exact) mass is 214 g/mol. The van der Waals surface area contributed by atoms with Crippen LogP contribution in [0, 0.1) is 0 Å². The average Bonchev–Trinajstić information content (AvgIpc) is 2.19. The first-order valence-electron chi connectivity index (χ1n) is 3.66. The first-order chi connectivity index (χ1) is 6.61. The smallest absolute Gasteiger partial charge is 0.340 e. The summed E-state index contributed by atoms with van der Waals surface area (Å²) in [6.07, 6.45) is 0.355. The first kappa shape index (κ1) is 10.5. The molecule has 1 aromatic rings. The van der Waals surface area contributed by atoms with Gasteiger partial charge in [0.05, 0.1) is 23.3 Å². The predicted molar refractivity (Wildman–Crippen MR) is 49.8 cm³/mol. The van der Waals surface area contributed by atoms with Gasteiger partial charge in [-0.3, -0.25) is 4.79 Å². The molecule has 0 atom stereocenters. The Morgan fingerprint density at radius 1 is 1.57 bits per heavy atom. The molecule has 0 aromatic heterocycles. The van der Waals surface area contributed by atoms with E-state index in [9.17, 15) is 14.7 Å². The average molecular weight is 215 g/mol. The summed E-state index contributed by atoms with van der Waals surface area (Å²) in [6.45, 7) is 0. The van der Waals surface area contributed by atoms with Gasteiger partial charge in [0.1, 0.15) is 5.75 Å². The number of esters is 1. The number of methoxy groups -OCH3 is 1. The molecule has 0 radical (unpaired) electrons. The maximum atomic E-state index is 11.2. The van der Waals surface area contributed by atoms with Crippen molar-refractivity contribution in [1.82, 2.24) is 0 Å². The Kier molecular flexibility index (Phi) is 3.09. The Labute approximate surface area is 85.1 Å². The number of ether oxygens (including phenoxy) is 1. The van der Waals surface area contributed by atoms with Gasteiger partial charge >= 0.3 is 5.97 Å². The van der Waals surface area contributed by atoms with Crippen LogP contribution in [-0.2, 0) is 4.74 Å². The van der Waals surface area contributed by atoms with Crippen LogP contribution in [0.1, 0.15) is 20.7 Å². The summed E-state index contributed by atoms with van der Waals surface area (Å²) >= 11 is 5.68. The molecule has 1 N–H and O–H groups in total. The van der Waals surface area contributed by atoms with Crippen LogP contribution >= 0.6 is 11.6 Å². The van der Waals surface area contributed by atoms with Gasteiger partial charge in [-0.1, -0.05) is 11.6 Å². The summed E-state index contributed by atoms with van der Waals surface area (Å²) in [7, 11) is 1.16. The summed E-state index contributed by atoms with van der Waals surface area (Å²) in [5.74, 6) is -1.06. The minimum absolute atomic E-state index is 0.0664. The quantitative estimate of drug-likeness (QED) is 0.601. The largest absolute Gasteiger partial charge is 0.507 e. The van der Waals surface area contributed by atoms with Gasteiger partial charge in [-0.25, -0.2) is 4.79 Å². The molecule has 74 valence electrons. The normalized spacial score (nSPS) is 9.57. The van der Waals surface area contributed by atoms with Crippen LogP contribution in [0.25, 0.3) is 0 Å². The van der Waals surface area contributed by atoms with Gasteiger partial charge in [-0.15, -0.1) is 0 Å². The number of aromatic hydroxyl groups is 1. The van der Waals surface area contributed by atoms with Crippen LogP contribution < -0.4 is 0 Å². The van der Waals surface area contributed by atoms with Crippen LogP contribution in [-0.4, -0.2) is 24.5 Å². The number of carbonyl (C=O) groups excluding carboxylic acids is 2. The second-order valence-electron chi connectivity index (χ2n) is 2.46. The lowest BCUT2D eigenvalue weighted by molar-refractivity contribution is 0.0598. The summed E-state index contributed by atoms with van der Waals surface area (Å²) in [4.78, 5) is 21.8. The number of rotatable bonds is 2. The van der Waals surface area contributed by atoms with Gasteiger partial charge in [0.15, 0.2) is 6.29 Å². The van der Waals surface area contributed by atoms with Crippen LogP contribution in [0.4, 0.5) is 0 Å². The SMILES string of the molecule is COC(=O)c1c(Cl)ccc(O)c1C=O. The van der Waals surface area contributed by atoms with E-state index in [4.69, 9.17) is 11.6 Å². The van der Waals surface area contributed by atoms with E-state index in [1.165, 1.54) is 12.1 Å². The van der Waals surface area contributed by atoms with Gasteiger partial charge in [0, 0.05) is 0 Å². The summed E-state index contributed by atoms with van der Waals surface area (Å²) in [6, 6.07) is 2.55. The molecule has 0 heterocycles. The highest BCUT2D eigenvalue weighted by Crippen LogP contribution is 2.26. The van der Waals surface area contributed by atoms with Crippen LogP contribution in [0.3, 0.4) is 0 Å². The first-order valence-corrected chi connectivity index (χ1v) is 4.04. The number of benzene rings is 1. The van der Waals surface area contributed by atoms with E-state index in [1.807, 2.05) is 0 Å². The standard InChI is InChI=1S/C9H7ClO4/c1-14-9(13)8-5(4-11)7(12)3-2-6(8)10/h2-4,12H,1H3. The van der Waals surface area contributed by atoms with Crippen molar-refractivity contribution in [2.75, 3.05) is 7.11 Å². The molecule has 0 spiro atoms. The maximum absolute atomic E-state index is 11.2. The molecule has 4 nitrogen and oxygen atoms in total. The van der Waals surface area contributed by atoms with Crippen molar-refractivity contribution < 1.29 is 19.4 Å². The third-order valence-electron chi connectivity index (χ3n) is 1.68. The molecule has 0 unspecified atom stereocenters.